The molecule has 0 saturated carbocycles. The van der Waals surface area contributed by atoms with Crippen LogP contribution in [-0.4, -0.2) is 29.7 Å². The molecule has 0 aliphatic heterocycles. The smallest absolute Gasteiger partial charge is 0.221 e. The van der Waals surface area contributed by atoms with E-state index in [1.807, 2.05) is 6.92 Å². The molecule has 1 unspecified atom stereocenters. The van der Waals surface area contributed by atoms with E-state index < -0.39 is 0 Å². The summed E-state index contributed by atoms with van der Waals surface area (Å²) in [6.45, 7) is 2.60. The summed E-state index contributed by atoms with van der Waals surface area (Å²) in [6.07, 6.45) is 1.62. The third-order valence-corrected chi connectivity index (χ3v) is 2.14. The molecule has 0 aliphatic rings. The zero-order valence-electron chi connectivity index (χ0n) is 8.12. The van der Waals surface area contributed by atoms with E-state index in [1.54, 1.807) is 13.3 Å². The molecule has 78 valence electrons. The minimum absolute atomic E-state index is 0.172. The van der Waals surface area contributed by atoms with Crippen LogP contribution in [0, 0.1) is 0 Å². The van der Waals surface area contributed by atoms with E-state index in [0.29, 0.717) is 12.4 Å². The van der Waals surface area contributed by atoms with E-state index in [4.69, 9.17) is 10.5 Å². The van der Waals surface area contributed by atoms with Crippen LogP contribution in [0.5, 0.6) is 0 Å². The Hall–Kier alpha value is -0.880. The van der Waals surface area contributed by atoms with Crippen molar-refractivity contribution in [2.45, 2.75) is 13.0 Å². The molecule has 1 aromatic rings. The van der Waals surface area contributed by atoms with Gasteiger partial charge in [0.1, 0.15) is 5.82 Å². The number of nitrogens with one attached hydrogen (secondary N) is 1. The van der Waals surface area contributed by atoms with Crippen LogP contribution < -0.4 is 11.1 Å². The first-order chi connectivity index (χ1) is 6.63. The van der Waals surface area contributed by atoms with E-state index in [9.17, 15) is 0 Å². The predicted octanol–water partition coefficient (Wildman–Crippen LogP) is 1.27. The van der Waals surface area contributed by atoms with E-state index in [2.05, 4.69) is 31.2 Å². The quantitative estimate of drug-likeness (QED) is 0.853. The molecule has 0 fully saturated rings. The number of hydrogen-bond donors (Lipinski definition) is 2. The van der Waals surface area contributed by atoms with Crippen molar-refractivity contribution in [2.24, 2.45) is 0 Å². The van der Waals surface area contributed by atoms with Crippen LogP contribution in [0.3, 0.4) is 0 Å². The molecule has 0 aromatic carbocycles. The summed E-state index contributed by atoms with van der Waals surface area (Å²) in [5, 5.41) is 3.15. The molecule has 1 rings (SSSR count). The number of nitrogen functional groups attached to an aromatic ring is 1. The summed E-state index contributed by atoms with van der Waals surface area (Å²) in [7, 11) is 1.65. The van der Waals surface area contributed by atoms with Crippen molar-refractivity contribution in [1.29, 1.82) is 0 Å². The number of methoxy groups -OCH3 is 1. The molecule has 1 aromatic heterocycles. The number of nitrogens with zero attached hydrogens (tertiary/aromatic N) is 2. The Bertz CT molecular complexity index is 307. The van der Waals surface area contributed by atoms with Gasteiger partial charge in [0.2, 0.25) is 5.95 Å². The van der Waals surface area contributed by atoms with Gasteiger partial charge in [-0.3, -0.25) is 0 Å². The lowest BCUT2D eigenvalue weighted by Gasteiger charge is -2.14. The second-order valence-corrected chi connectivity index (χ2v) is 3.78. The van der Waals surface area contributed by atoms with Gasteiger partial charge in [0.15, 0.2) is 0 Å². The predicted molar refractivity (Wildman–Crippen MR) is 59.1 cm³/mol. The number of nitrogens with two attached hydrogens (primary N) is 1. The first-order valence-electron chi connectivity index (χ1n) is 4.17. The fourth-order valence-corrected chi connectivity index (χ4v) is 1.31. The first kappa shape index (κ1) is 11.2. The Morgan fingerprint density at radius 1 is 1.71 bits per heavy atom. The van der Waals surface area contributed by atoms with E-state index in [-0.39, 0.29) is 12.0 Å². The first-order valence-corrected chi connectivity index (χ1v) is 4.96. The maximum absolute atomic E-state index is 5.46. The highest BCUT2D eigenvalue weighted by Gasteiger charge is 2.06. The fourth-order valence-electron chi connectivity index (χ4n) is 1.01. The van der Waals surface area contributed by atoms with Crippen molar-refractivity contribution in [1.82, 2.24) is 9.97 Å². The van der Waals surface area contributed by atoms with Crippen molar-refractivity contribution in [3.8, 4) is 0 Å². The highest BCUT2D eigenvalue weighted by molar-refractivity contribution is 9.10. The summed E-state index contributed by atoms with van der Waals surface area (Å²) >= 11 is 3.33. The van der Waals surface area contributed by atoms with Gasteiger partial charge in [0.05, 0.1) is 11.1 Å². The number of hydrogen-bond acceptors (Lipinski definition) is 5. The molecule has 0 saturated heterocycles. The number of ether oxygens (including phenoxy) is 1. The fraction of sp³-hybridized carbons (Fsp3) is 0.500. The van der Waals surface area contributed by atoms with E-state index in [1.165, 1.54) is 0 Å². The Balaban J connectivity index is 2.70. The molecule has 0 amide bonds. The largest absolute Gasteiger partial charge is 0.383 e. The molecule has 1 heterocycles. The topological polar surface area (TPSA) is 73.1 Å². The van der Waals surface area contributed by atoms with Crippen molar-refractivity contribution in [3.63, 3.8) is 0 Å². The summed E-state index contributed by atoms with van der Waals surface area (Å²) in [5.41, 5.74) is 5.46. The lowest BCUT2D eigenvalue weighted by Crippen LogP contribution is -2.22. The number of aromatic nitrogens is 2. The summed E-state index contributed by atoms with van der Waals surface area (Å²) in [6, 6.07) is 0.172. The maximum atomic E-state index is 5.46. The van der Waals surface area contributed by atoms with Crippen LogP contribution in [0.15, 0.2) is 10.7 Å². The Morgan fingerprint density at radius 2 is 2.43 bits per heavy atom. The minimum Gasteiger partial charge on any atom is -0.383 e. The van der Waals surface area contributed by atoms with E-state index in [0.717, 1.165) is 4.47 Å². The maximum Gasteiger partial charge on any atom is 0.221 e. The number of rotatable bonds is 4. The van der Waals surface area contributed by atoms with Gasteiger partial charge < -0.3 is 15.8 Å². The molecule has 1 atom stereocenters. The summed E-state index contributed by atoms with van der Waals surface area (Å²) in [5.74, 6) is 0.933. The van der Waals surface area contributed by atoms with Gasteiger partial charge in [-0.15, -0.1) is 0 Å². The zero-order chi connectivity index (χ0) is 10.6. The van der Waals surface area contributed by atoms with Crippen LogP contribution in [-0.2, 0) is 4.74 Å². The van der Waals surface area contributed by atoms with Gasteiger partial charge >= 0.3 is 0 Å². The van der Waals surface area contributed by atoms with Gasteiger partial charge in [-0.1, -0.05) is 0 Å². The van der Waals surface area contributed by atoms with Crippen molar-refractivity contribution in [2.75, 3.05) is 24.8 Å². The average Bonchev–Trinajstić information content (AvgIpc) is 2.12. The number of anilines is 2. The Morgan fingerprint density at radius 3 is 3.07 bits per heavy atom. The normalized spacial score (nSPS) is 12.5. The van der Waals surface area contributed by atoms with Crippen LogP contribution in [0.4, 0.5) is 11.8 Å². The molecule has 0 bridgehead atoms. The molecule has 5 nitrogen and oxygen atoms in total. The van der Waals surface area contributed by atoms with Gasteiger partial charge in [-0.05, 0) is 22.9 Å². The van der Waals surface area contributed by atoms with Crippen LogP contribution in [0.2, 0.25) is 0 Å². The highest BCUT2D eigenvalue weighted by atomic mass is 79.9. The molecule has 6 heteroatoms. The molecular formula is C8H13BrN4O. The monoisotopic (exact) mass is 260 g/mol. The Labute approximate surface area is 91.2 Å². The summed E-state index contributed by atoms with van der Waals surface area (Å²) < 4.78 is 5.78. The van der Waals surface area contributed by atoms with Crippen LogP contribution in [0.1, 0.15) is 6.92 Å². The minimum atomic E-state index is 0.172. The third-order valence-electron chi connectivity index (χ3n) is 1.56. The van der Waals surface area contributed by atoms with Crippen molar-refractivity contribution >= 4 is 27.7 Å². The standard InChI is InChI=1S/C8H13BrN4O/c1-5(4-14-2)12-7-6(9)3-11-8(10)13-7/h3,5H,4H2,1-2H3,(H3,10,11,12,13). The van der Waals surface area contributed by atoms with Gasteiger partial charge in [-0.25, -0.2) is 4.98 Å². The van der Waals surface area contributed by atoms with E-state index >= 15 is 0 Å². The lowest BCUT2D eigenvalue weighted by atomic mass is 10.3. The highest BCUT2D eigenvalue weighted by Crippen LogP contribution is 2.19. The molecule has 14 heavy (non-hydrogen) atoms. The lowest BCUT2D eigenvalue weighted by molar-refractivity contribution is 0.190. The molecule has 0 spiro atoms. The second-order valence-electron chi connectivity index (χ2n) is 2.93. The number of halogens is 1. The zero-order valence-corrected chi connectivity index (χ0v) is 9.71. The SMILES string of the molecule is COCC(C)Nc1nc(N)ncc1Br. The van der Waals surface area contributed by atoms with Crippen LogP contribution in [0.25, 0.3) is 0 Å². The van der Waals surface area contributed by atoms with Crippen molar-refractivity contribution in [3.05, 3.63) is 10.7 Å². The Kier molecular flexibility index (Phi) is 4.09. The molecule has 0 aliphatic carbocycles. The third kappa shape index (κ3) is 3.12. The average molecular weight is 261 g/mol. The second kappa shape index (κ2) is 5.11. The van der Waals surface area contributed by atoms with Gasteiger partial charge in [-0.2, -0.15) is 4.98 Å². The molecule has 0 radical (unpaired) electrons. The van der Waals surface area contributed by atoms with Gasteiger partial charge in [0.25, 0.3) is 0 Å². The molecular weight excluding hydrogens is 248 g/mol. The summed E-state index contributed by atoms with van der Waals surface area (Å²) in [4.78, 5) is 7.89. The van der Waals surface area contributed by atoms with Gasteiger partial charge in [0, 0.05) is 19.3 Å². The van der Waals surface area contributed by atoms with Crippen molar-refractivity contribution < 1.29 is 4.74 Å². The molecule has 3 N–H and O–H groups in total. The van der Waals surface area contributed by atoms with Crippen LogP contribution >= 0.6 is 15.9 Å².